The zero-order valence-corrected chi connectivity index (χ0v) is 11.4. The molecule has 0 aromatic heterocycles. The zero-order valence-electron chi connectivity index (χ0n) is 11.4. The number of aryl methyl sites for hydroxylation is 1. The van der Waals surface area contributed by atoms with Gasteiger partial charge in [-0.15, -0.1) is 0 Å². The molecule has 0 saturated carbocycles. The average molecular weight is 273 g/mol. The van der Waals surface area contributed by atoms with Crippen LogP contribution in [-0.4, -0.2) is 12.5 Å². The lowest BCUT2D eigenvalue weighted by Crippen LogP contribution is -2.13. The van der Waals surface area contributed by atoms with E-state index in [1.807, 2.05) is 13.8 Å². The van der Waals surface area contributed by atoms with Crippen LogP contribution in [0.4, 0.5) is 10.1 Å². The first kappa shape index (κ1) is 14.1. The third-order valence-corrected chi connectivity index (χ3v) is 2.80. The fraction of sp³-hybridized carbons (Fsp3) is 0.188. The summed E-state index contributed by atoms with van der Waals surface area (Å²) >= 11 is 0. The Morgan fingerprint density at radius 2 is 1.90 bits per heavy atom. The minimum absolute atomic E-state index is 0.184. The van der Waals surface area contributed by atoms with Crippen LogP contribution < -0.4 is 10.1 Å². The van der Waals surface area contributed by atoms with Crippen molar-refractivity contribution in [3.8, 4) is 5.75 Å². The van der Waals surface area contributed by atoms with Crippen molar-refractivity contribution in [3.05, 3.63) is 59.4 Å². The fourth-order valence-electron chi connectivity index (χ4n) is 1.80. The van der Waals surface area contributed by atoms with Crippen LogP contribution >= 0.6 is 0 Å². The van der Waals surface area contributed by atoms with Crippen LogP contribution in [0.3, 0.4) is 0 Å². The maximum Gasteiger partial charge on any atom is 0.255 e. The molecule has 0 unspecified atom stereocenters. The molecule has 0 heterocycles. The lowest BCUT2D eigenvalue weighted by molar-refractivity contribution is 0.102. The number of rotatable bonds is 4. The third kappa shape index (κ3) is 3.35. The molecular weight excluding hydrogens is 257 g/mol. The fourth-order valence-corrected chi connectivity index (χ4v) is 1.80. The van der Waals surface area contributed by atoms with Gasteiger partial charge in [-0.3, -0.25) is 4.79 Å². The molecule has 2 aromatic carbocycles. The molecule has 0 atom stereocenters. The van der Waals surface area contributed by atoms with Gasteiger partial charge in [0.05, 0.1) is 12.3 Å². The van der Waals surface area contributed by atoms with E-state index in [2.05, 4.69) is 5.32 Å². The highest BCUT2D eigenvalue weighted by molar-refractivity contribution is 6.04. The first-order valence-corrected chi connectivity index (χ1v) is 6.40. The van der Waals surface area contributed by atoms with E-state index in [0.717, 1.165) is 5.56 Å². The van der Waals surface area contributed by atoms with Crippen molar-refractivity contribution in [1.82, 2.24) is 0 Å². The molecule has 4 heteroatoms. The van der Waals surface area contributed by atoms with Crippen molar-refractivity contribution in [3.63, 3.8) is 0 Å². The Bertz CT molecular complexity index is 608. The van der Waals surface area contributed by atoms with Crippen LogP contribution in [0.1, 0.15) is 22.8 Å². The van der Waals surface area contributed by atoms with E-state index in [0.29, 0.717) is 17.9 Å². The second-order valence-corrected chi connectivity index (χ2v) is 4.39. The van der Waals surface area contributed by atoms with Crippen molar-refractivity contribution in [2.45, 2.75) is 13.8 Å². The minimum atomic E-state index is -0.449. The van der Waals surface area contributed by atoms with Crippen molar-refractivity contribution in [2.24, 2.45) is 0 Å². The average Bonchev–Trinajstić information content (AvgIpc) is 2.44. The monoisotopic (exact) mass is 273 g/mol. The molecule has 0 spiro atoms. The Hall–Kier alpha value is -2.36. The van der Waals surface area contributed by atoms with Gasteiger partial charge in [0, 0.05) is 5.56 Å². The Morgan fingerprint density at radius 3 is 2.55 bits per heavy atom. The molecule has 2 aromatic rings. The summed E-state index contributed by atoms with van der Waals surface area (Å²) in [6.07, 6.45) is 0. The number of nitrogens with one attached hydrogen (secondary N) is 1. The van der Waals surface area contributed by atoms with E-state index in [9.17, 15) is 9.18 Å². The van der Waals surface area contributed by atoms with Crippen LogP contribution in [0.15, 0.2) is 42.5 Å². The highest BCUT2D eigenvalue weighted by Crippen LogP contribution is 2.18. The molecular formula is C16H16FNO2. The van der Waals surface area contributed by atoms with Crippen LogP contribution in [0.25, 0.3) is 0 Å². The first-order chi connectivity index (χ1) is 9.60. The van der Waals surface area contributed by atoms with Crippen LogP contribution in [-0.2, 0) is 0 Å². The predicted octanol–water partition coefficient (Wildman–Crippen LogP) is 3.79. The molecule has 104 valence electrons. The molecule has 20 heavy (non-hydrogen) atoms. The number of hydrogen-bond donors (Lipinski definition) is 1. The largest absolute Gasteiger partial charge is 0.494 e. The molecule has 0 aliphatic carbocycles. The van der Waals surface area contributed by atoms with Gasteiger partial charge in [-0.05, 0) is 55.8 Å². The summed E-state index contributed by atoms with van der Waals surface area (Å²) in [6, 6.07) is 11.3. The smallest absolute Gasteiger partial charge is 0.255 e. The number of carbonyl (C=O) groups is 1. The number of halogens is 1. The van der Waals surface area contributed by atoms with E-state index >= 15 is 0 Å². The zero-order chi connectivity index (χ0) is 14.5. The van der Waals surface area contributed by atoms with Gasteiger partial charge in [-0.25, -0.2) is 4.39 Å². The summed E-state index contributed by atoms with van der Waals surface area (Å²) in [6.45, 7) is 4.30. The standard InChI is InChI=1S/C16H16FNO2/c1-3-20-13-7-5-12(6-8-13)16(19)18-15-10-11(2)4-9-14(15)17/h4-10H,3H2,1-2H3,(H,18,19). The van der Waals surface area contributed by atoms with Gasteiger partial charge in [0.15, 0.2) is 0 Å². The molecule has 0 radical (unpaired) electrons. The molecule has 1 N–H and O–H groups in total. The summed E-state index contributed by atoms with van der Waals surface area (Å²) in [5.74, 6) is -0.0989. The molecule has 2 rings (SSSR count). The summed E-state index contributed by atoms with van der Waals surface area (Å²) in [7, 11) is 0. The van der Waals surface area contributed by atoms with Gasteiger partial charge in [0.2, 0.25) is 0 Å². The van der Waals surface area contributed by atoms with Crippen molar-refractivity contribution in [2.75, 3.05) is 11.9 Å². The predicted molar refractivity (Wildman–Crippen MR) is 76.7 cm³/mol. The Kier molecular flexibility index (Phi) is 4.35. The number of anilines is 1. The maximum absolute atomic E-state index is 13.6. The summed E-state index contributed by atoms with van der Waals surface area (Å²) in [5, 5.41) is 2.56. The molecule has 0 fully saturated rings. The molecule has 1 amide bonds. The van der Waals surface area contributed by atoms with E-state index in [4.69, 9.17) is 4.74 Å². The third-order valence-electron chi connectivity index (χ3n) is 2.80. The second kappa shape index (κ2) is 6.19. The SMILES string of the molecule is CCOc1ccc(C(=O)Nc2cc(C)ccc2F)cc1. The van der Waals surface area contributed by atoms with Crippen LogP contribution in [0.5, 0.6) is 5.75 Å². The molecule has 0 saturated heterocycles. The maximum atomic E-state index is 13.6. The lowest BCUT2D eigenvalue weighted by Gasteiger charge is -2.08. The Labute approximate surface area is 117 Å². The lowest BCUT2D eigenvalue weighted by atomic mass is 10.1. The topological polar surface area (TPSA) is 38.3 Å². The summed E-state index contributed by atoms with van der Waals surface area (Å²) < 4.78 is 18.9. The van der Waals surface area contributed by atoms with E-state index in [1.54, 1.807) is 36.4 Å². The van der Waals surface area contributed by atoms with Gasteiger partial charge < -0.3 is 10.1 Å². The van der Waals surface area contributed by atoms with Gasteiger partial charge in [0.25, 0.3) is 5.91 Å². The highest BCUT2D eigenvalue weighted by atomic mass is 19.1. The van der Waals surface area contributed by atoms with Crippen molar-refractivity contribution < 1.29 is 13.9 Å². The van der Waals surface area contributed by atoms with Crippen molar-refractivity contribution in [1.29, 1.82) is 0 Å². The highest BCUT2D eigenvalue weighted by Gasteiger charge is 2.09. The molecule has 0 aliphatic rings. The minimum Gasteiger partial charge on any atom is -0.494 e. The number of hydrogen-bond acceptors (Lipinski definition) is 2. The summed E-state index contributed by atoms with van der Waals surface area (Å²) in [4.78, 5) is 12.0. The van der Waals surface area contributed by atoms with Gasteiger partial charge in [0.1, 0.15) is 11.6 Å². The number of benzene rings is 2. The quantitative estimate of drug-likeness (QED) is 0.920. The van der Waals surface area contributed by atoms with E-state index in [-0.39, 0.29) is 11.6 Å². The van der Waals surface area contributed by atoms with E-state index < -0.39 is 5.82 Å². The van der Waals surface area contributed by atoms with Gasteiger partial charge in [-0.2, -0.15) is 0 Å². The van der Waals surface area contributed by atoms with Crippen LogP contribution in [0.2, 0.25) is 0 Å². The van der Waals surface area contributed by atoms with E-state index in [1.165, 1.54) is 6.07 Å². The Balaban J connectivity index is 2.13. The molecule has 0 bridgehead atoms. The molecule has 0 aliphatic heterocycles. The number of carbonyl (C=O) groups excluding carboxylic acids is 1. The van der Waals surface area contributed by atoms with Gasteiger partial charge in [-0.1, -0.05) is 6.07 Å². The number of ether oxygens (including phenoxy) is 1. The van der Waals surface area contributed by atoms with Crippen molar-refractivity contribution >= 4 is 11.6 Å². The Morgan fingerprint density at radius 1 is 1.20 bits per heavy atom. The van der Waals surface area contributed by atoms with Crippen LogP contribution in [0, 0.1) is 12.7 Å². The van der Waals surface area contributed by atoms with Gasteiger partial charge >= 0.3 is 0 Å². The first-order valence-electron chi connectivity index (χ1n) is 6.40. The summed E-state index contributed by atoms with van der Waals surface area (Å²) in [5.41, 5.74) is 1.52. The number of amides is 1. The second-order valence-electron chi connectivity index (χ2n) is 4.39. The molecule has 3 nitrogen and oxygen atoms in total. The normalized spacial score (nSPS) is 10.2.